The molecule has 1 N–H and O–H groups in total. The third-order valence-electron chi connectivity index (χ3n) is 4.55. The highest BCUT2D eigenvalue weighted by Gasteiger charge is 2.27. The van der Waals surface area contributed by atoms with E-state index in [2.05, 4.69) is 5.32 Å². The molecular weight excluding hydrogens is 358 g/mol. The molecule has 1 aliphatic rings. The highest BCUT2D eigenvalue weighted by molar-refractivity contribution is 7.17. The van der Waals surface area contributed by atoms with Crippen LogP contribution in [0.4, 0.5) is 5.00 Å². The van der Waals surface area contributed by atoms with Gasteiger partial charge in [-0.25, -0.2) is 4.79 Å². The predicted molar refractivity (Wildman–Crippen MR) is 110 cm³/mol. The number of carbonyl (C=O) groups is 2. The predicted octanol–water partition coefficient (Wildman–Crippen LogP) is 5.15. The zero-order valence-electron chi connectivity index (χ0n) is 15.8. The van der Waals surface area contributed by atoms with Gasteiger partial charge in [0.2, 0.25) is 5.91 Å². The minimum absolute atomic E-state index is 0.237. The average Bonchev–Trinajstić information content (AvgIpc) is 3.03. The Morgan fingerprint density at radius 1 is 1.19 bits per heavy atom. The number of hydrogen-bond acceptors (Lipinski definition) is 4. The Balaban J connectivity index is 1.78. The molecule has 1 heterocycles. The van der Waals surface area contributed by atoms with Crippen molar-refractivity contribution in [2.75, 3.05) is 11.9 Å². The third-order valence-corrected chi connectivity index (χ3v) is 5.76. The summed E-state index contributed by atoms with van der Waals surface area (Å²) in [5.41, 5.74) is 3.75. The number of benzene rings is 1. The van der Waals surface area contributed by atoms with Crippen LogP contribution in [-0.2, 0) is 22.4 Å². The summed E-state index contributed by atoms with van der Waals surface area (Å²) in [6.07, 6.45) is 8.08. The normalized spacial score (nSPS) is 13.4. The molecule has 3 rings (SSSR count). The van der Waals surface area contributed by atoms with Gasteiger partial charge < -0.3 is 10.1 Å². The van der Waals surface area contributed by atoms with Crippen molar-refractivity contribution in [2.45, 2.75) is 46.0 Å². The molecular formula is C22H25NO3S. The summed E-state index contributed by atoms with van der Waals surface area (Å²) >= 11 is 1.51. The maximum absolute atomic E-state index is 12.6. The first kappa shape index (κ1) is 19.4. The molecule has 0 atom stereocenters. The molecule has 1 aliphatic carbocycles. The summed E-state index contributed by atoms with van der Waals surface area (Å²) in [7, 11) is 0. The Morgan fingerprint density at radius 2 is 1.93 bits per heavy atom. The summed E-state index contributed by atoms with van der Waals surface area (Å²) in [5.74, 6) is -0.562. The lowest BCUT2D eigenvalue weighted by atomic mass is 9.95. The second-order valence-corrected chi connectivity index (χ2v) is 7.89. The summed E-state index contributed by atoms with van der Waals surface area (Å²) in [6.45, 7) is 4.39. The van der Waals surface area contributed by atoms with Gasteiger partial charge in [0.25, 0.3) is 0 Å². The number of rotatable bonds is 6. The monoisotopic (exact) mass is 383 g/mol. The third kappa shape index (κ3) is 4.86. The number of ether oxygens (including phenoxy) is 1. The van der Waals surface area contributed by atoms with E-state index in [9.17, 15) is 9.59 Å². The quantitative estimate of drug-likeness (QED) is 0.554. The van der Waals surface area contributed by atoms with Crippen molar-refractivity contribution in [2.24, 2.45) is 0 Å². The van der Waals surface area contributed by atoms with E-state index in [4.69, 9.17) is 4.74 Å². The molecule has 0 saturated heterocycles. The SMILES string of the molecule is CCCOC(=O)c1c(NC(=O)C=Cc2ccc(C)cc2)sc2c1CCCC2. The number of nitrogens with one attached hydrogen (secondary N) is 1. The van der Waals surface area contributed by atoms with E-state index >= 15 is 0 Å². The average molecular weight is 384 g/mol. The fourth-order valence-electron chi connectivity index (χ4n) is 3.14. The second-order valence-electron chi connectivity index (χ2n) is 6.78. The summed E-state index contributed by atoms with van der Waals surface area (Å²) in [5, 5.41) is 3.51. The van der Waals surface area contributed by atoms with Gasteiger partial charge in [-0.2, -0.15) is 0 Å². The van der Waals surface area contributed by atoms with Gasteiger partial charge in [-0.05, 0) is 56.2 Å². The van der Waals surface area contributed by atoms with Crippen LogP contribution in [0.15, 0.2) is 30.3 Å². The Hall–Kier alpha value is -2.40. The highest BCUT2D eigenvalue weighted by atomic mass is 32.1. The standard InChI is InChI=1S/C22H25NO3S/c1-3-14-26-22(25)20-17-6-4-5-7-18(17)27-21(20)23-19(24)13-12-16-10-8-15(2)9-11-16/h8-13H,3-7,14H2,1-2H3,(H,23,24). The summed E-state index contributed by atoms with van der Waals surface area (Å²) in [6, 6.07) is 7.95. The van der Waals surface area contributed by atoms with Crippen LogP contribution >= 0.6 is 11.3 Å². The van der Waals surface area contributed by atoms with E-state index in [-0.39, 0.29) is 11.9 Å². The van der Waals surface area contributed by atoms with Crippen LogP contribution in [0.25, 0.3) is 6.08 Å². The molecule has 5 heteroatoms. The molecule has 0 bridgehead atoms. The number of esters is 1. The second kappa shape index (κ2) is 9.00. The van der Waals surface area contributed by atoms with Crippen LogP contribution in [0.5, 0.6) is 0 Å². The van der Waals surface area contributed by atoms with Crippen molar-refractivity contribution in [1.82, 2.24) is 0 Å². The van der Waals surface area contributed by atoms with E-state index in [1.165, 1.54) is 27.9 Å². The van der Waals surface area contributed by atoms with Gasteiger partial charge in [-0.15, -0.1) is 11.3 Å². The van der Waals surface area contributed by atoms with E-state index in [0.717, 1.165) is 43.2 Å². The van der Waals surface area contributed by atoms with E-state index in [1.807, 2.05) is 38.1 Å². The van der Waals surface area contributed by atoms with Gasteiger partial charge in [0.1, 0.15) is 5.00 Å². The Labute approximate surface area is 164 Å². The van der Waals surface area contributed by atoms with Crippen molar-refractivity contribution < 1.29 is 14.3 Å². The first-order valence-electron chi connectivity index (χ1n) is 9.46. The lowest BCUT2D eigenvalue weighted by Crippen LogP contribution is -2.14. The fourth-order valence-corrected chi connectivity index (χ4v) is 4.42. The van der Waals surface area contributed by atoms with E-state index in [0.29, 0.717) is 17.2 Å². The van der Waals surface area contributed by atoms with E-state index < -0.39 is 0 Å². The summed E-state index contributed by atoms with van der Waals surface area (Å²) < 4.78 is 5.36. The fraction of sp³-hybridized carbons (Fsp3) is 0.364. The molecule has 27 heavy (non-hydrogen) atoms. The Kier molecular flexibility index (Phi) is 6.45. The van der Waals surface area contributed by atoms with Crippen LogP contribution in [-0.4, -0.2) is 18.5 Å². The largest absolute Gasteiger partial charge is 0.462 e. The van der Waals surface area contributed by atoms with Crippen molar-refractivity contribution in [3.8, 4) is 0 Å². The maximum atomic E-state index is 12.6. The van der Waals surface area contributed by atoms with Crippen molar-refractivity contribution in [1.29, 1.82) is 0 Å². The smallest absolute Gasteiger partial charge is 0.341 e. The first-order valence-corrected chi connectivity index (χ1v) is 10.3. The van der Waals surface area contributed by atoms with Gasteiger partial charge in [-0.1, -0.05) is 36.8 Å². The van der Waals surface area contributed by atoms with Crippen molar-refractivity contribution >= 4 is 34.3 Å². The van der Waals surface area contributed by atoms with Crippen LogP contribution in [0.1, 0.15) is 58.1 Å². The number of fused-ring (bicyclic) bond motifs is 1. The summed E-state index contributed by atoms with van der Waals surface area (Å²) in [4.78, 5) is 26.2. The van der Waals surface area contributed by atoms with Gasteiger partial charge in [-0.3, -0.25) is 4.79 Å². The Bertz CT molecular complexity index is 849. The molecule has 0 spiro atoms. The molecule has 1 aromatic heterocycles. The van der Waals surface area contributed by atoms with Gasteiger partial charge in [0, 0.05) is 11.0 Å². The lowest BCUT2D eigenvalue weighted by molar-refractivity contribution is -0.111. The minimum atomic E-state index is -0.325. The molecule has 4 nitrogen and oxygen atoms in total. The molecule has 0 fully saturated rings. The van der Waals surface area contributed by atoms with E-state index in [1.54, 1.807) is 6.08 Å². The zero-order chi connectivity index (χ0) is 19.2. The first-order chi connectivity index (χ1) is 13.1. The molecule has 142 valence electrons. The topological polar surface area (TPSA) is 55.4 Å². The molecule has 0 radical (unpaired) electrons. The molecule has 0 aliphatic heterocycles. The highest BCUT2D eigenvalue weighted by Crippen LogP contribution is 2.38. The molecule has 2 aromatic rings. The zero-order valence-corrected chi connectivity index (χ0v) is 16.7. The van der Waals surface area contributed by atoms with Gasteiger partial charge in [0.05, 0.1) is 12.2 Å². The molecule has 0 unspecified atom stereocenters. The van der Waals surface area contributed by atoms with Crippen LogP contribution in [0.3, 0.4) is 0 Å². The number of hydrogen-bond donors (Lipinski definition) is 1. The molecule has 1 aromatic carbocycles. The number of carbonyl (C=O) groups excluding carboxylic acids is 2. The number of thiophene rings is 1. The Morgan fingerprint density at radius 3 is 2.67 bits per heavy atom. The van der Waals surface area contributed by atoms with Crippen molar-refractivity contribution in [3.63, 3.8) is 0 Å². The number of aryl methyl sites for hydroxylation is 2. The maximum Gasteiger partial charge on any atom is 0.341 e. The van der Waals surface area contributed by atoms with Crippen LogP contribution in [0, 0.1) is 6.92 Å². The van der Waals surface area contributed by atoms with Gasteiger partial charge >= 0.3 is 5.97 Å². The number of anilines is 1. The number of amides is 1. The van der Waals surface area contributed by atoms with Crippen LogP contribution < -0.4 is 5.32 Å². The van der Waals surface area contributed by atoms with Crippen molar-refractivity contribution in [3.05, 3.63) is 57.5 Å². The molecule has 0 saturated carbocycles. The van der Waals surface area contributed by atoms with Crippen LogP contribution in [0.2, 0.25) is 0 Å². The van der Waals surface area contributed by atoms with Gasteiger partial charge in [0.15, 0.2) is 0 Å². The molecule has 1 amide bonds. The minimum Gasteiger partial charge on any atom is -0.462 e. The lowest BCUT2D eigenvalue weighted by Gasteiger charge is -2.12.